The highest BCUT2D eigenvalue weighted by atomic mass is 14.8. The Bertz CT molecular complexity index is 69.9. The molecule has 0 saturated heterocycles. The van der Waals surface area contributed by atoms with Gasteiger partial charge in [0.05, 0.1) is 18.7 Å². The van der Waals surface area contributed by atoms with Crippen molar-refractivity contribution in [3.05, 3.63) is 24.4 Å². The highest BCUT2D eigenvalue weighted by Gasteiger charge is 1.86. The smallest absolute Gasteiger partial charge is 0.176 e. The number of hydrogen-bond acceptors (Lipinski definition) is 1. The van der Waals surface area contributed by atoms with E-state index >= 15 is 0 Å². The lowest BCUT2D eigenvalue weighted by molar-refractivity contribution is 0.967. The van der Waals surface area contributed by atoms with Gasteiger partial charge in [-0.2, -0.15) is 0 Å². The van der Waals surface area contributed by atoms with E-state index in [2.05, 4.69) is 11.4 Å². The molecule has 0 aliphatic carbocycles. The third kappa shape index (κ3) is 0.568. The molecule has 1 nitrogen and oxygen atoms in total. The number of hydrogen-bond donors (Lipinski definition) is 1. The summed E-state index contributed by atoms with van der Waals surface area (Å²) in [6.45, 7) is 0.927. The molecule has 1 aliphatic rings. The Morgan fingerprint density at radius 3 is 2.83 bits per heavy atom. The van der Waals surface area contributed by atoms with Crippen LogP contribution in [0.4, 0.5) is 0 Å². The quantitative estimate of drug-likeness (QED) is 0.417. The fourth-order valence-electron chi connectivity index (χ4n) is 0.361. The van der Waals surface area contributed by atoms with Crippen LogP contribution in [0.5, 0.6) is 0 Å². The van der Waals surface area contributed by atoms with Crippen molar-refractivity contribution in [2.45, 2.75) is 0 Å². The highest BCUT2D eigenvalue weighted by molar-refractivity contribution is 5.00. The first-order valence-electron chi connectivity index (χ1n) is 1.96. The monoisotopic (exact) mass is 80.0 g/mol. The second-order valence-corrected chi connectivity index (χ2v) is 1.11. The minimum atomic E-state index is 0.927. The van der Waals surface area contributed by atoms with Crippen molar-refractivity contribution in [3.63, 3.8) is 0 Å². The molecule has 0 amide bonds. The third-order valence-electron chi connectivity index (χ3n) is 0.635. The summed E-state index contributed by atoms with van der Waals surface area (Å²) < 4.78 is 0. The third-order valence-corrected chi connectivity index (χ3v) is 0.635. The zero-order valence-electron chi connectivity index (χ0n) is 3.44. The molecule has 0 unspecified atom stereocenters. The molecule has 1 aliphatic heterocycles. The van der Waals surface area contributed by atoms with Gasteiger partial charge in [-0.15, -0.1) is 0 Å². The Morgan fingerprint density at radius 1 is 1.67 bits per heavy atom. The topological polar surface area (TPSA) is 12.0 Å². The van der Waals surface area contributed by atoms with Crippen LogP contribution in [0.3, 0.4) is 0 Å². The maximum absolute atomic E-state index is 2.99. The summed E-state index contributed by atoms with van der Waals surface area (Å²) in [6, 6.07) is 0. The van der Waals surface area contributed by atoms with Crippen LogP contribution in [-0.2, 0) is 0 Å². The first-order valence-corrected chi connectivity index (χ1v) is 1.96. The van der Waals surface area contributed by atoms with Gasteiger partial charge in [0.15, 0.2) is 6.08 Å². The van der Waals surface area contributed by atoms with Gasteiger partial charge in [-0.05, 0) is 0 Å². The Hall–Kier alpha value is -0.810. The van der Waals surface area contributed by atoms with Gasteiger partial charge in [0.1, 0.15) is 6.20 Å². The summed E-state index contributed by atoms with van der Waals surface area (Å²) in [7, 11) is 0. The maximum Gasteiger partial charge on any atom is 0.176 e. The fraction of sp³-hybridized carbons (Fsp3) is 0.200. The SMILES string of the molecule is [C+]1=CCNC=C1. The summed E-state index contributed by atoms with van der Waals surface area (Å²) in [6.07, 6.45) is 8.59. The van der Waals surface area contributed by atoms with Crippen LogP contribution in [0, 0.1) is 6.08 Å². The van der Waals surface area contributed by atoms with E-state index in [1.165, 1.54) is 0 Å². The standard InChI is InChI=1S/C5H6N/c1-2-4-6-5-3-1/h2-4,6H,5H2/q+1. The lowest BCUT2D eigenvalue weighted by atomic mass is 10.4. The van der Waals surface area contributed by atoms with E-state index in [9.17, 15) is 0 Å². The Balaban J connectivity index is 2.46. The summed E-state index contributed by atoms with van der Waals surface area (Å²) >= 11 is 0. The highest BCUT2D eigenvalue weighted by Crippen LogP contribution is 1.77. The van der Waals surface area contributed by atoms with Crippen molar-refractivity contribution in [1.82, 2.24) is 5.32 Å². The first kappa shape index (κ1) is 3.38. The van der Waals surface area contributed by atoms with Gasteiger partial charge < -0.3 is 5.32 Å². The van der Waals surface area contributed by atoms with Crippen LogP contribution in [-0.4, -0.2) is 6.54 Å². The van der Waals surface area contributed by atoms with Gasteiger partial charge in [0, 0.05) is 0 Å². The molecule has 0 fully saturated rings. The normalized spacial score (nSPS) is 16.0. The van der Waals surface area contributed by atoms with Crippen molar-refractivity contribution in [2.75, 3.05) is 6.54 Å². The molecule has 1 heteroatoms. The molecule has 6 heavy (non-hydrogen) atoms. The van der Waals surface area contributed by atoms with Gasteiger partial charge in [0.2, 0.25) is 0 Å². The van der Waals surface area contributed by atoms with Crippen LogP contribution in [0.2, 0.25) is 0 Å². The summed E-state index contributed by atoms with van der Waals surface area (Å²) in [5.41, 5.74) is 0. The number of rotatable bonds is 0. The van der Waals surface area contributed by atoms with E-state index < -0.39 is 0 Å². The van der Waals surface area contributed by atoms with Crippen molar-refractivity contribution < 1.29 is 0 Å². The fourth-order valence-corrected chi connectivity index (χ4v) is 0.361. The lowest BCUT2D eigenvalue weighted by Crippen LogP contribution is -2.05. The molecule has 0 aromatic rings. The Labute approximate surface area is 37.4 Å². The molecule has 0 saturated carbocycles. The average Bonchev–Trinajstić information content (AvgIpc) is 1.72. The Kier molecular flexibility index (Phi) is 0.892. The van der Waals surface area contributed by atoms with Crippen LogP contribution in [0.1, 0.15) is 0 Å². The van der Waals surface area contributed by atoms with Crippen molar-refractivity contribution in [2.24, 2.45) is 0 Å². The molecule has 0 aromatic carbocycles. The molecule has 0 radical (unpaired) electrons. The number of dihydropyridines is 1. The van der Waals surface area contributed by atoms with Gasteiger partial charge in [-0.25, -0.2) is 0 Å². The molecule has 1 heterocycles. The van der Waals surface area contributed by atoms with Crippen LogP contribution in [0.25, 0.3) is 0 Å². The van der Waals surface area contributed by atoms with E-state index in [0.717, 1.165) is 6.54 Å². The molecule has 0 bridgehead atoms. The minimum absolute atomic E-state index is 0.927. The van der Waals surface area contributed by atoms with E-state index in [0.29, 0.717) is 0 Å². The maximum atomic E-state index is 2.99. The van der Waals surface area contributed by atoms with Gasteiger partial charge in [-0.3, -0.25) is 0 Å². The van der Waals surface area contributed by atoms with Crippen LogP contribution >= 0.6 is 0 Å². The molecule has 1 N–H and O–H groups in total. The predicted molar refractivity (Wildman–Crippen MR) is 25.0 cm³/mol. The summed E-state index contributed by atoms with van der Waals surface area (Å²) in [5, 5.41) is 2.99. The van der Waals surface area contributed by atoms with Crippen molar-refractivity contribution >= 4 is 0 Å². The van der Waals surface area contributed by atoms with Gasteiger partial charge in [0.25, 0.3) is 0 Å². The first-order chi connectivity index (χ1) is 3.00. The largest absolute Gasteiger partial charge is 0.310 e. The second-order valence-electron chi connectivity index (χ2n) is 1.11. The van der Waals surface area contributed by atoms with Gasteiger partial charge in [-0.1, -0.05) is 0 Å². The van der Waals surface area contributed by atoms with Crippen LogP contribution in [0.15, 0.2) is 18.4 Å². The van der Waals surface area contributed by atoms with E-state index in [1.807, 2.05) is 18.4 Å². The molecule has 0 spiro atoms. The zero-order valence-corrected chi connectivity index (χ0v) is 3.44. The lowest BCUT2D eigenvalue weighted by Gasteiger charge is -1.83. The van der Waals surface area contributed by atoms with E-state index in [4.69, 9.17) is 0 Å². The average molecular weight is 80.1 g/mol. The molecule has 0 aromatic heterocycles. The van der Waals surface area contributed by atoms with Gasteiger partial charge >= 0.3 is 0 Å². The Morgan fingerprint density at radius 2 is 2.67 bits per heavy atom. The van der Waals surface area contributed by atoms with Crippen molar-refractivity contribution in [3.8, 4) is 0 Å². The van der Waals surface area contributed by atoms with E-state index in [-0.39, 0.29) is 0 Å². The molecule has 0 atom stereocenters. The summed E-state index contributed by atoms with van der Waals surface area (Å²) in [4.78, 5) is 0. The van der Waals surface area contributed by atoms with Crippen LogP contribution < -0.4 is 5.32 Å². The molecular weight excluding hydrogens is 74.1 g/mol. The number of nitrogens with one attached hydrogen (secondary N) is 1. The predicted octanol–water partition coefficient (Wildman–Crippen LogP) is 0.463. The molecule has 30 valence electrons. The van der Waals surface area contributed by atoms with Crippen molar-refractivity contribution in [1.29, 1.82) is 0 Å². The summed E-state index contributed by atoms with van der Waals surface area (Å²) in [5.74, 6) is 0. The molecule has 1 rings (SSSR count). The zero-order chi connectivity index (χ0) is 4.24. The minimum Gasteiger partial charge on any atom is -0.310 e. The molecular formula is C5H6N+. The number of allylic oxidation sites excluding steroid dienone is 2. The second kappa shape index (κ2) is 1.58. The van der Waals surface area contributed by atoms with E-state index in [1.54, 1.807) is 0 Å².